The minimum absolute atomic E-state index is 0.248. The molecule has 2 aromatic carbocycles. The van der Waals surface area contributed by atoms with E-state index in [1.165, 1.54) is 0 Å². The normalized spacial score (nSPS) is 16.2. The molecule has 5 nitrogen and oxygen atoms in total. The minimum Gasteiger partial charge on any atom is -0.376 e. The Morgan fingerprint density at radius 1 is 1.14 bits per heavy atom. The van der Waals surface area contributed by atoms with Crippen LogP contribution in [0.2, 0.25) is 0 Å². The molecule has 4 rings (SSSR count). The molecule has 5 heteroatoms. The molecular weight excluding hydrogens is 350 g/mol. The van der Waals surface area contributed by atoms with Gasteiger partial charge in [0.2, 0.25) is 0 Å². The van der Waals surface area contributed by atoms with Crippen LogP contribution in [0.15, 0.2) is 54.6 Å². The number of hydrogen-bond acceptors (Lipinski definition) is 5. The third-order valence-corrected chi connectivity index (χ3v) is 4.90. The summed E-state index contributed by atoms with van der Waals surface area (Å²) >= 11 is 0. The quantitative estimate of drug-likeness (QED) is 0.664. The third-order valence-electron chi connectivity index (χ3n) is 4.90. The summed E-state index contributed by atoms with van der Waals surface area (Å²) in [7, 11) is 0. The van der Waals surface area contributed by atoms with Crippen LogP contribution in [0.1, 0.15) is 29.5 Å². The fourth-order valence-corrected chi connectivity index (χ4v) is 3.46. The molecule has 1 N–H and O–H groups in total. The van der Waals surface area contributed by atoms with Crippen LogP contribution in [0.3, 0.4) is 0 Å². The van der Waals surface area contributed by atoms with Gasteiger partial charge in [0.05, 0.1) is 36.5 Å². The standard InChI is InChI=1S/C23H23N3O2/c24-13-19-12-23(26-22-9-2-1-8-21(19)22)25-14-17-5-3-6-18(11-17)15-27-16-20-7-4-10-28-20/h1-3,5-6,8-9,11-12,20H,4,7,10,14-16H2,(H,25,26). The van der Waals surface area contributed by atoms with E-state index < -0.39 is 0 Å². The van der Waals surface area contributed by atoms with Gasteiger partial charge < -0.3 is 14.8 Å². The summed E-state index contributed by atoms with van der Waals surface area (Å²) < 4.78 is 11.4. The Kier molecular flexibility index (Phi) is 5.81. The molecule has 28 heavy (non-hydrogen) atoms. The first-order valence-corrected chi connectivity index (χ1v) is 9.63. The number of rotatable bonds is 7. The van der Waals surface area contributed by atoms with Crippen LogP contribution < -0.4 is 5.32 Å². The van der Waals surface area contributed by atoms with Gasteiger partial charge in [-0.25, -0.2) is 4.98 Å². The van der Waals surface area contributed by atoms with Crippen molar-refractivity contribution in [2.45, 2.75) is 32.1 Å². The highest BCUT2D eigenvalue weighted by atomic mass is 16.5. The topological polar surface area (TPSA) is 67.2 Å². The van der Waals surface area contributed by atoms with E-state index in [0.29, 0.717) is 31.1 Å². The van der Waals surface area contributed by atoms with E-state index in [-0.39, 0.29) is 6.10 Å². The average molecular weight is 373 g/mol. The van der Waals surface area contributed by atoms with E-state index in [9.17, 15) is 5.26 Å². The van der Waals surface area contributed by atoms with Crippen molar-refractivity contribution in [2.24, 2.45) is 0 Å². The number of para-hydroxylation sites is 1. The minimum atomic E-state index is 0.248. The van der Waals surface area contributed by atoms with Gasteiger partial charge in [-0.2, -0.15) is 5.26 Å². The van der Waals surface area contributed by atoms with Crippen LogP contribution in [-0.4, -0.2) is 24.3 Å². The molecule has 0 radical (unpaired) electrons. The van der Waals surface area contributed by atoms with Crippen molar-refractivity contribution < 1.29 is 9.47 Å². The predicted octanol–water partition coefficient (Wildman–Crippen LogP) is 4.41. The highest BCUT2D eigenvalue weighted by Crippen LogP contribution is 2.20. The summed E-state index contributed by atoms with van der Waals surface area (Å²) in [6.45, 7) is 2.72. The number of benzene rings is 2. The number of anilines is 1. The number of nitrogens with one attached hydrogen (secondary N) is 1. The second-order valence-corrected chi connectivity index (χ2v) is 7.01. The first-order chi connectivity index (χ1) is 13.8. The van der Waals surface area contributed by atoms with Crippen LogP contribution in [0.25, 0.3) is 10.9 Å². The predicted molar refractivity (Wildman–Crippen MR) is 109 cm³/mol. The highest BCUT2D eigenvalue weighted by Gasteiger charge is 2.15. The maximum Gasteiger partial charge on any atom is 0.128 e. The van der Waals surface area contributed by atoms with Gasteiger partial charge in [-0.3, -0.25) is 0 Å². The maximum absolute atomic E-state index is 9.41. The Morgan fingerprint density at radius 2 is 2.04 bits per heavy atom. The Morgan fingerprint density at radius 3 is 2.89 bits per heavy atom. The Labute approximate surface area is 164 Å². The Bertz CT molecular complexity index is 991. The average Bonchev–Trinajstić information content (AvgIpc) is 3.25. The number of fused-ring (bicyclic) bond motifs is 1. The van der Waals surface area contributed by atoms with Crippen molar-refractivity contribution in [3.63, 3.8) is 0 Å². The Hall–Kier alpha value is -2.94. The number of nitriles is 1. The van der Waals surface area contributed by atoms with E-state index in [1.54, 1.807) is 6.07 Å². The zero-order valence-electron chi connectivity index (χ0n) is 15.7. The largest absolute Gasteiger partial charge is 0.376 e. The zero-order chi connectivity index (χ0) is 19.2. The molecule has 1 unspecified atom stereocenters. The fraction of sp³-hybridized carbons (Fsp3) is 0.304. The van der Waals surface area contributed by atoms with Crippen LogP contribution in [0, 0.1) is 11.3 Å². The van der Waals surface area contributed by atoms with E-state index >= 15 is 0 Å². The molecule has 3 aromatic rings. The highest BCUT2D eigenvalue weighted by molar-refractivity contribution is 5.86. The molecule has 0 saturated carbocycles. The molecule has 142 valence electrons. The fourth-order valence-electron chi connectivity index (χ4n) is 3.46. The monoisotopic (exact) mass is 373 g/mol. The summed E-state index contributed by atoms with van der Waals surface area (Å²) in [6.07, 6.45) is 2.47. The number of pyridine rings is 1. The van der Waals surface area contributed by atoms with Crippen molar-refractivity contribution in [1.82, 2.24) is 4.98 Å². The second kappa shape index (κ2) is 8.83. The molecule has 1 aromatic heterocycles. The molecule has 1 aliphatic heterocycles. The van der Waals surface area contributed by atoms with Gasteiger partial charge in [-0.05, 0) is 36.1 Å². The summed E-state index contributed by atoms with van der Waals surface area (Å²) in [4.78, 5) is 4.61. The van der Waals surface area contributed by atoms with Crippen molar-refractivity contribution >= 4 is 16.7 Å². The van der Waals surface area contributed by atoms with Crippen molar-refractivity contribution in [3.8, 4) is 6.07 Å². The lowest BCUT2D eigenvalue weighted by Crippen LogP contribution is -2.13. The van der Waals surface area contributed by atoms with Crippen molar-refractivity contribution in [2.75, 3.05) is 18.5 Å². The first kappa shape index (κ1) is 18.4. The third kappa shape index (κ3) is 4.48. The van der Waals surface area contributed by atoms with E-state index in [0.717, 1.165) is 41.5 Å². The van der Waals surface area contributed by atoms with Crippen LogP contribution in [0.5, 0.6) is 0 Å². The van der Waals surface area contributed by atoms with Gasteiger partial charge in [0.15, 0.2) is 0 Å². The number of aromatic nitrogens is 1. The molecule has 1 fully saturated rings. The first-order valence-electron chi connectivity index (χ1n) is 9.63. The molecule has 0 bridgehead atoms. The van der Waals surface area contributed by atoms with Crippen molar-refractivity contribution in [3.05, 3.63) is 71.3 Å². The van der Waals surface area contributed by atoms with Crippen LogP contribution >= 0.6 is 0 Å². The lowest BCUT2D eigenvalue weighted by molar-refractivity contribution is 0.0106. The molecule has 1 aliphatic rings. The summed E-state index contributed by atoms with van der Waals surface area (Å²) in [6, 6.07) is 20.1. The lowest BCUT2D eigenvalue weighted by Gasteiger charge is -2.11. The zero-order valence-corrected chi connectivity index (χ0v) is 15.7. The SMILES string of the molecule is N#Cc1cc(NCc2cccc(COCC3CCCO3)c2)nc2ccccc12. The molecule has 0 amide bonds. The van der Waals surface area contributed by atoms with Gasteiger partial charge in [-0.1, -0.05) is 42.5 Å². The van der Waals surface area contributed by atoms with Gasteiger partial charge >= 0.3 is 0 Å². The molecule has 0 spiro atoms. The molecule has 1 saturated heterocycles. The smallest absolute Gasteiger partial charge is 0.128 e. The molecular formula is C23H23N3O2. The molecule has 2 heterocycles. The van der Waals surface area contributed by atoms with Crippen LogP contribution in [0.4, 0.5) is 5.82 Å². The number of nitrogens with zero attached hydrogens (tertiary/aromatic N) is 2. The van der Waals surface area contributed by atoms with Gasteiger partial charge in [0, 0.05) is 18.5 Å². The van der Waals surface area contributed by atoms with Gasteiger partial charge in [0.1, 0.15) is 5.82 Å². The van der Waals surface area contributed by atoms with Crippen molar-refractivity contribution in [1.29, 1.82) is 5.26 Å². The van der Waals surface area contributed by atoms with E-state index in [4.69, 9.17) is 9.47 Å². The van der Waals surface area contributed by atoms with Crippen LogP contribution in [-0.2, 0) is 22.6 Å². The van der Waals surface area contributed by atoms with Gasteiger partial charge in [-0.15, -0.1) is 0 Å². The summed E-state index contributed by atoms with van der Waals surface area (Å²) in [5, 5.41) is 13.6. The molecule has 1 atom stereocenters. The maximum atomic E-state index is 9.41. The summed E-state index contributed by atoms with van der Waals surface area (Å²) in [5.74, 6) is 0.704. The number of ether oxygens (including phenoxy) is 2. The van der Waals surface area contributed by atoms with E-state index in [1.807, 2.05) is 30.3 Å². The summed E-state index contributed by atoms with van der Waals surface area (Å²) in [5.41, 5.74) is 3.73. The lowest BCUT2D eigenvalue weighted by atomic mass is 10.1. The molecule has 0 aliphatic carbocycles. The number of hydrogen-bond donors (Lipinski definition) is 1. The Balaban J connectivity index is 1.38. The second-order valence-electron chi connectivity index (χ2n) is 7.01. The van der Waals surface area contributed by atoms with E-state index in [2.05, 4.69) is 34.6 Å². The van der Waals surface area contributed by atoms with Gasteiger partial charge in [0.25, 0.3) is 0 Å².